The fourth-order valence-corrected chi connectivity index (χ4v) is 3.04. The monoisotopic (exact) mass is 290 g/mol. The molecule has 1 aromatic carbocycles. The van der Waals surface area contributed by atoms with E-state index < -0.39 is 0 Å². The van der Waals surface area contributed by atoms with Crippen molar-refractivity contribution < 1.29 is 4.79 Å². The van der Waals surface area contributed by atoms with Crippen molar-refractivity contribution >= 4 is 11.6 Å². The Labute approximate surface area is 129 Å². The number of carbonyl (C=O) groups is 1. The number of benzene rings is 1. The summed E-state index contributed by atoms with van der Waals surface area (Å²) in [5, 5.41) is 3.64. The van der Waals surface area contributed by atoms with Crippen molar-refractivity contribution in [3.8, 4) is 0 Å². The van der Waals surface area contributed by atoms with Gasteiger partial charge in [0.25, 0.3) is 0 Å². The molecule has 0 aromatic heterocycles. The van der Waals surface area contributed by atoms with Gasteiger partial charge in [0.1, 0.15) is 0 Å². The molecule has 1 heterocycles. The van der Waals surface area contributed by atoms with Crippen LogP contribution in [-0.2, 0) is 4.79 Å². The highest BCUT2D eigenvalue weighted by Crippen LogP contribution is 2.40. The smallest absolute Gasteiger partial charge is 0.224 e. The minimum Gasteiger partial charge on any atom is -0.309 e. The van der Waals surface area contributed by atoms with E-state index in [4.69, 9.17) is 0 Å². The standard InChI is InChI=1S/C16H24N2O.C2H6/c1-10(2)17-16-11(3)12(4)18(13(5)19)15-9-7-6-8-14(15)16;1-2/h6-12,16-17H,1-5H3;1-2H3. The third-order valence-electron chi connectivity index (χ3n) is 4.08. The van der Waals surface area contributed by atoms with E-state index >= 15 is 0 Å². The van der Waals surface area contributed by atoms with Gasteiger partial charge in [0.05, 0.1) is 0 Å². The first kappa shape index (κ1) is 17.7. The van der Waals surface area contributed by atoms with E-state index in [0.29, 0.717) is 18.0 Å². The number of para-hydroxylation sites is 1. The summed E-state index contributed by atoms with van der Waals surface area (Å²) in [5.41, 5.74) is 2.29. The number of nitrogens with zero attached hydrogens (tertiary/aromatic N) is 1. The maximum absolute atomic E-state index is 12.0. The van der Waals surface area contributed by atoms with Gasteiger partial charge in [-0.15, -0.1) is 0 Å². The summed E-state index contributed by atoms with van der Waals surface area (Å²) in [6.45, 7) is 14.3. The van der Waals surface area contributed by atoms with Crippen LogP contribution in [0.5, 0.6) is 0 Å². The molecular weight excluding hydrogens is 260 g/mol. The van der Waals surface area contributed by atoms with Crippen molar-refractivity contribution in [2.75, 3.05) is 4.90 Å². The van der Waals surface area contributed by atoms with Gasteiger partial charge in [-0.3, -0.25) is 4.79 Å². The van der Waals surface area contributed by atoms with Gasteiger partial charge < -0.3 is 10.2 Å². The molecule has 0 saturated carbocycles. The third-order valence-corrected chi connectivity index (χ3v) is 4.08. The number of anilines is 1. The summed E-state index contributed by atoms with van der Waals surface area (Å²) in [6.07, 6.45) is 0. The van der Waals surface area contributed by atoms with E-state index in [1.807, 2.05) is 30.9 Å². The number of hydrogen-bond donors (Lipinski definition) is 1. The maximum atomic E-state index is 12.0. The zero-order valence-corrected chi connectivity index (χ0v) is 14.5. The molecule has 0 spiro atoms. The van der Waals surface area contributed by atoms with E-state index in [9.17, 15) is 4.79 Å². The van der Waals surface area contributed by atoms with Crippen LogP contribution in [0.25, 0.3) is 0 Å². The molecule has 1 N–H and O–H groups in total. The molecule has 3 unspecified atom stereocenters. The predicted molar refractivity (Wildman–Crippen MR) is 90.6 cm³/mol. The minimum atomic E-state index is 0.120. The normalized spacial score (nSPS) is 24.2. The Balaban J connectivity index is 0.00000106. The lowest BCUT2D eigenvalue weighted by Gasteiger charge is -2.44. The van der Waals surface area contributed by atoms with Gasteiger partial charge in [-0.25, -0.2) is 0 Å². The number of rotatable bonds is 2. The number of amides is 1. The average molecular weight is 290 g/mol. The number of carbonyl (C=O) groups excluding carboxylic acids is 1. The molecule has 3 nitrogen and oxygen atoms in total. The highest BCUT2D eigenvalue weighted by atomic mass is 16.2. The first-order valence-corrected chi connectivity index (χ1v) is 8.08. The van der Waals surface area contributed by atoms with Crippen molar-refractivity contribution in [2.45, 2.75) is 66.6 Å². The van der Waals surface area contributed by atoms with Crippen molar-refractivity contribution in [3.63, 3.8) is 0 Å². The second-order valence-corrected chi connectivity index (χ2v) is 5.85. The quantitative estimate of drug-likeness (QED) is 0.887. The first-order valence-electron chi connectivity index (χ1n) is 8.08. The summed E-state index contributed by atoms with van der Waals surface area (Å²) in [6, 6.07) is 9.18. The van der Waals surface area contributed by atoms with Crippen molar-refractivity contribution in [3.05, 3.63) is 29.8 Å². The fourth-order valence-electron chi connectivity index (χ4n) is 3.04. The van der Waals surface area contributed by atoms with E-state index in [2.05, 4.69) is 45.1 Å². The third kappa shape index (κ3) is 3.65. The highest BCUT2D eigenvalue weighted by Gasteiger charge is 2.37. The molecule has 0 saturated heterocycles. The molecule has 1 aliphatic heterocycles. The van der Waals surface area contributed by atoms with Crippen LogP contribution < -0.4 is 10.2 Å². The van der Waals surface area contributed by atoms with Crippen LogP contribution in [-0.4, -0.2) is 18.0 Å². The van der Waals surface area contributed by atoms with Gasteiger partial charge in [-0.2, -0.15) is 0 Å². The lowest BCUT2D eigenvalue weighted by Crippen LogP contribution is -2.50. The highest BCUT2D eigenvalue weighted by molar-refractivity contribution is 5.93. The van der Waals surface area contributed by atoms with Crippen molar-refractivity contribution in [2.24, 2.45) is 5.92 Å². The molecular formula is C18H30N2O. The Morgan fingerprint density at radius 1 is 1.19 bits per heavy atom. The van der Waals surface area contributed by atoms with Crippen LogP contribution in [0.3, 0.4) is 0 Å². The molecule has 0 bridgehead atoms. The fraction of sp³-hybridized carbons (Fsp3) is 0.611. The predicted octanol–water partition coefficient (Wildman–Crippen LogP) is 4.14. The summed E-state index contributed by atoms with van der Waals surface area (Å²) < 4.78 is 0. The van der Waals surface area contributed by atoms with Gasteiger partial charge in [0.15, 0.2) is 0 Å². The van der Waals surface area contributed by atoms with Crippen LogP contribution in [0.15, 0.2) is 24.3 Å². The van der Waals surface area contributed by atoms with Gasteiger partial charge in [0, 0.05) is 30.7 Å². The van der Waals surface area contributed by atoms with E-state index in [1.54, 1.807) is 6.92 Å². The Bertz CT molecular complexity index is 470. The molecule has 3 heteroatoms. The van der Waals surface area contributed by atoms with Crippen LogP contribution in [0.4, 0.5) is 5.69 Å². The molecule has 2 rings (SSSR count). The Hall–Kier alpha value is -1.35. The first-order chi connectivity index (χ1) is 9.93. The lowest BCUT2D eigenvalue weighted by atomic mass is 9.82. The summed E-state index contributed by atoms with van der Waals surface area (Å²) >= 11 is 0. The zero-order chi connectivity index (χ0) is 16.2. The second kappa shape index (κ2) is 7.60. The summed E-state index contributed by atoms with van der Waals surface area (Å²) in [5.74, 6) is 0.510. The maximum Gasteiger partial charge on any atom is 0.224 e. The van der Waals surface area contributed by atoms with Gasteiger partial charge in [0.2, 0.25) is 5.91 Å². The molecule has 118 valence electrons. The molecule has 3 atom stereocenters. The number of hydrogen-bond acceptors (Lipinski definition) is 2. The zero-order valence-electron chi connectivity index (χ0n) is 14.5. The van der Waals surface area contributed by atoms with Crippen LogP contribution >= 0.6 is 0 Å². The number of nitrogens with one attached hydrogen (secondary N) is 1. The van der Waals surface area contributed by atoms with Crippen LogP contribution in [0.2, 0.25) is 0 Å². The molecule has 21 heavy (non-hydrogen) atoms. The molecule has 1 aromatic rings. The van der Waals surface area contributed by atoms with E-state index in [1.165, 1.54) is 5.56 Å². The molecule has 0 aliphatic carbocycles. The Morgan fingerprint density at radius 3 is 2.29 bits per heavy atom. The lowest BCUT2D eigenvalue weighted by molar-refractivity contribution is -0.117. The topological polar surface area (TPSA) is 32.3 Å². The molecule has 0 radical (unpaired) electrons. The Kier molecular flexibility index (Phi) is 6.41. The SMILES string of the molecule is CC.CC(=O)N1c2ccccc2C(NC(C)C)C(C)C1C. The molecule has 0 fully saturated rings. The molecule has 1 amide bonds. The average Bonchev–Trinajstić information content (AvgIpc) is 2.45. The van der Waals surface area contributed by atoms with Gasteiger partial charge in [-0.1, -0.05) is 52.8 Å². The van der Waals surface area contributed by atoms with Crippen LogP contribution in [0.1, 0.15) is 60.1 Å². The van der Waals surface area contributed by atoms with Gasteiger partial charge >= 0.3 is 0 Å². The molecule has 1 aliphatic rings. The minimum absolute atomic E-state index is 0.120. The summed E-state index contributed by atoms with van der Waals surface area (Å²) in [4.78, 5) is 13.9. The number of fused-ring (bicyclic) bond motifs is 1. The van der Waals surface area contributed by atoms with Crippen molar-refractivity contribution in [1.29, 1.82) is 0 Å². The van der Waals surface area contributed by atoms with E-state index in [0.717, 1.165) is 5.69 Å². The van der Waals surface area contributed by atoms with Crippen LogP contribution in [0, 0.1) is 5.92 Å². The second-order valence-electron chi connectivity index (χ2n) is 5.85. The largest absolute Gasteiger partial charge is 0.309 e. The van der Waals surface area contributed by atoms with Crippen molar-refractivity contribution in [1.82, 2.24) is 5.32 Å². The van der Waals surface area contributed by atoms with Gasteiger partial charge in [-0.05, 0) is 24.5 Å². The summed E-state index contributed by atoms with van der Waals surface area (Å²) in [7, 11) is 0. The van der Waals surface area contributed by atoms with E-state index in [-0.39, 0.29) is 11.9 Å². The Morgan fingerprint density at radius 2 is 1.76 bits per heavy atom.